The van der Waals surface area contributed by atoms with E-state index in [0.29, 0.717) is 0 Å². The van der Waals surface area contributed by atoms with Crippen LogP contribution in [0.1, 0.15) is 36.1 Å². The Hall–Kier alpha value is -2.33. The van der Waals surface area contributed by atoms with Crippen LogP contribution in [0, 0.1) is 0 Å². The van der Waals surface area contributed by atoms with Crippen LogP contribution in [0.15, 0.2) is 109 Å². The normalized spacial score (nSPS) is 12.8. The SMILES string of the molecule is CC(C)(c1ccccc1)c1ccc(OP(=O)([O-])Oc2ccc(CCc3ccccc3)cc2)cc1.[Na+]. The van der Waals surface area contributed by atoms with Crippen LogP contribution in [-0.2, 0) is 22.8 Å². The summed E-state index contributed by atoms with van der Waals surface area (Å²) in [6.07, 6.45) is 1.78. The summed E-state index contributed by atoms with van der Waals surface area (Å²) >= 11 is 0. The minimum absolute atomic E-state index is 0. The van der Waals surface area contributed by atoms with Crippen LogP contribution in [0.3, 0.4) is 0 Å². The van der Waals surface area contributed by atoms with E-state index < -0.39 is 7.82 Å². The van der Waals surface area contributed by atoms with Crippen molar-refractivity contribution in [3.05, 3.63) is 131 Å². The van der Waals surface area contributed by atoms with Gasteiger partial charge in [0, 0.05) is 5.41 Å². The van der Waals surface area contributed by atoms with Gasteiger partial charge >= 0.3 is 37.4 Å². The summed E-state index contributed by atoms with van der Waals surface area (Å²) in [5.74, 6) is 0.439. The zero-order chi connectivity index (χ0) is 24.0. The number of phosphoric acid groups is 1. The van der Waals surface area contributed by atoms with Crippen LogP contribution < -0.4 is 43.5 Å². The first-order valence-corrected chi connectivity index (χ1v) is 12.8. The van der Waals surface area contributed by atoms with Crippen molar-refractivity contribution in [2.24, 2.45) is 0 Å². The van der Waals surface area contributed by atoms with Gasteiger partial charge in [0.1, 0.15) is 11.5 Å². The minimum Gasteiger partial charge on any atom is -0.736 e. The third kappa shape index (κ3) is 7.57. The van der Waals surface area contributed by atoms with Crippen molar-refractivity contribution in [3.8, 4) is 11.5 Å². The summed E-state index contributed by atoms with van der Waals surface area (Å²) < 4.78 is 22.8. The number of hydrogen-bond acceptors (Lipinski definition) is 4. The van der Waals surface area contributed by atoms with Gasteiger partial charge in [-0.3, -0.25) is 0 Å². The van der Waals surface area contributed by atoms with Crippen molar-refractivity contribution in [2.75, 3.05) is 0 Å². The van der Waals surface area contributed by atoms with E-state index >= 15 is 0 Å². The summed E-state index contributed by atoms with van der Waals surface area (Å²) in [7, 11) is -4.58. The van der Waals surface area contributed by atoms with Gasteiger partial charge in [0.2, 0.25) is 0 Å². The molecule has 0 saturated heterocycles. The molecule has 0 amide bonds. The molecule has 4 aromatic carbocycles. The van der Waals surface area contributed by atoms with E-state index in [1.54, 1.807) is 24.3 Å². The molecular weight excluding hydrogens is 466 g/mol. The molecule has 0 aliphatic heterocycles. The molecule has 4 nitrogen and oxygen atoms in total. The molecule has 4 aromatic rings. The van der Waals surface area contributed by atoms with E-state index in [-0.39, 0.29) is 46.5 Å². The van der Waals surface area contributed by atoms with Crippen LogP contribution in [0.2, 0.25) is 0 Å². The zero-order valence-corrected chi connectivity index (χ0v) is 23.3. The molecule has 0 spiro atoms. The average molecular weight is 495 g/mol. The van der Waals surface area contributed by atoms with E-state index in [0.717, 1.165) is 24.0 Å². The maximum atomic E-state index is 12.5. The Labute approximate surface area is 229 Å². The Balaban J connectivity index is 0.00000342. The topological polar surface area (TPSA) is 58.6 Å². The van der Waals surface area contributed by atoms with Gasteiger partial charge in [0.25, 0.3) is 0 Å². The molecule has 1 atom stereocenters. The number of benzene rings is 4. The summed E-state index contributed by atoms with van der Waals surface area (Å²) in [5, 5.41) is 0. The number of phosphoric ester groups is 1. The van der Waals surface area contributed by atoms with Gasteiger partial charge in [-0.2, -0.15) is 0 Å². The van der Waals surface area contributed by atoms with Gasteiger partial charge in [0.15, 0.2) is 0 Å². The molecular formula is C29H28NaO4P. The summed E-state index contributed by atoms with van der Waals surface area (Å²) in [4.78, 5) is 12.5. The fourth-order valence-electron chi connectivity index (χ4n) is 3.88. The second-order valence-corrected chi connectivity index (χ2v) is 10.0. The summed E-state index contributed by atoms with van der Waals surface area (Å²) in [5.41, 5.74) is 4.38. The number of aryl methyl sites for hydroxylation is 2. The van der Waals surface area contributed by atoms with Crippen LogP contribution in [0.4, 0.5) is 0 Å². The third-order valence-corrected chi connectivity index (χ3v) is 6.84. The predicted molar refractivity (Wildman–Crippen MR) is 134 cm³/mol. The van der Waals surface area contributed by atoms with Crippen LogP contribution >= 0.6 is 7.82 Å². The molecule has 0 N–H and O–H groups in total. The van der Waals surface area contributed by atoms with E-state index in [4.69, 9.17) is 9.05 Å². The second kappa shape index (κ2) is 12.1. The van der Waals surface area contributed by atoms with Crippen molar-refractivity contribution in [2.45, 2.75) is 32.1 Å². The molecule has 0 aliphatic carbocycles. The predicted octanol–water partition coefficient (Wildman–Crippen LogP) is 3.73. The Bertz CT molecular complexity index is 1240. The molecule has 0 saturated carbocycles. The first kappa shape index (κ1) is 27.3. The largest absolute Gasteiger partial charge is 1.00 e. The quantitative estimate of drug-likeness (QED) is 0.263. The first-order chi connectivity index (χ1) is 16.3. The molecule has 0 heterocycles. The third-order valence-electron chi connectivity index (χ3n) is 5.97. The fourth-order valence-corrected chi connectivity index (χ4v) is 4.68. The monoisotopic (exact) mass is 494 g/mol. The summed E-state index contributed by atoms with van der Waals surface area (Å²) in [6.45, 7) is 4.26. The second-order valence-electron chi connectivity index (χ2n) is 8.77. The van der Waals surface area contributed by atoms with Gasteiger partial charge in [-0.25, -0.2) is 4.57 Å². The Morgan fingerprint density at radius 1 is 0.629 bits per heavy atom. The van der Waals surface area contributed by atoms with Crippen LogP contribution in [-0.4, -0.2) is 0 Å². The number of rotatable bonds is 9. The molecule has 0 bridgehead atoms. The molecule has 6 heteroatoms. The van der Waals surface area contributed by atoms with Gasteiger partial charge < -0.3 is 13.9 Å². The van der Waals surface area contributed by atoms with Gasteiger partial charge in [-0.1, -0.05) is 98.8 Å². The van der Waals surface area contributed by atoms with E-state index in [1.165, 1.54) is 11.1 Å². The van der Waals surface area contributed by atoms with Crippen molar-refractivity contribution < 1.29 is 48.1 Å². The molecule has 0 aromatic heterocycles. The number of hydrogen-bond donors (Lipinski definition) is 0. The molecule has 35 heavy (non-hydrogen) atoms. The standard InChI is InChI=1S/C29H29O4P.Na/c1-29(2,25-11-7-4-8-12-25)26-17-21-28(22-18-26)33-34(30,31)32-27-19-15-24(16-20-27)14-13-23-9-5-3-6-10-23;/h3-12,15-22H,13-14H2,1-2H3,(H,30,31);/q;+1/p-1. The zero-order valence-electron chi connectivity index (χ0n) is 20.4. The maximum Gasteiger partial charge on any atom is 1.00 e. The van der Waals surface area contributed by atoms with Crippen LogP contribution in [0.5, 0.6) is 11.5 Å². The Kier molecular flexibility index (Phi) is 9.40. The molecule has 174 valence electrons. The van der Waals surface area contributed by atoms with Gasteiger partial charge in [0.05, 0.1) is 0 Å². The molecule has 1 unspecified atom stereocenters. The van der Waals surface area contributed by atoms with Crippen molar-refractivity contribution in [1.82, 2.24) is 0 Å². The van der Waals surface area contributed by atoms with Gasteiger partial charge in [-0.05, 0) is 59.4 Å². The average Bonchev–Trinajstić information content (AvgIpc) is 2.85. The van der Waals surface area contributed by atoms with Gasteiger partial charge in [-0.15, -0.1) is 0 Å². The Morgan fingerprint density at radius 2 is 1.03 bits per heavy atom. The molecule has 4 rings (SSSR count). The maximum absolute atomic E-state index is 12.5. The molecule has 0 fully saturated rings. The van der Waals surface area contributed by atoms with Crippen molar-refractivity contribution in [1.29, 1.82) is 0 Å². The van der Waals surface area contributed by atoms with E-state index in [1.807, 2.05) is 60.7 Å². The van der Waals surface area contributed by atoms with E-state index in [2.05, 4.69) is 38.1 Å². The van der Waals surface area contributed by atoms with Crippen molar-refractivity contribution >= 4 is 7.82 Å². The molecule has 0 radical (unpaired) electrons. The minimum atomic E-state index is -4.58. The smallest absolute Gasteiger partial charge is 0.736 e. The Morgan fingerprint density at radius 3 is 1.54 bits per heavy atom. The molecule has 0 aliphatic rings. The van der Waals surface area contributed by atoms with Crippen LogP contribution in [0.25, 0.3) is 0 Å². The fraction of sp³-hybridized carbons (Fsp3) is 0.172. The summed E-state index contributed by atoms with van der Waals surface area (Å²) in [6, 6.07) is 34.5. The van der Waals surface area contributed by atoms with E-state index in [9.17, 15) is 9.46 Å². The van der Waals surface area contributed by atoms with Crippen molar-refractivity contribution in [3.63, 3.8) is 0 Å². The first-order valence-electron chi connectivity index (χ1n) is 11.3.